The standard InChI is InChI=1S/C13H19ClN2O3/c1-18-7-8-19-6-2-5-16-13(17)11-9-10(15)3-4-12(11)14/h3-4,9H,2,5-8,15H2,1H3,(H,16,17). The van der Waals surface area contributed by atoms with Crippen LogP contribution in [0.3, 0.4) is 0 Å². The number of halogens is 1. The molecule has 0 saturated heterocycles. The third-order valence-corrected chi connectivity index (χ3v) is 2.75. The Morgan fingerprint density at radius 2 is 2.16 bits per heavy atom. The molecule has 3 N–H and O–H groups in total. The number of methoxy groups -OCH3 is 1. The molecule has 5 nitrogen and oxygen atoms in total. The number of hydrogen-bond donors (Lipinski definition) is 2. The van der Waals surface area contributed by atoms with Gasteiger partial charge in [-0.3, -0.25) is 4.79 Å². The largest absolute Gasteiger partial charge is 0.399 e. The summed E-state index contributed by atoms with van der Waals surface area (Å²) in [5, 5.41) is 3.16. The van der Waals surface area contributed by atoms with E-state index in [4.69, 9.17) is 26.8 Å². The summed E-state index contributed by atoms with van der Waals surface area (Å²) in [7, 11) is 1.62. The van der Waals surface area contributed by atoms with Crippen LogP contribution in [-0.2, 0) is 9.47 Å². The molecule has 6 heteroatoms. The summed E-state index contributed by atoms with van der Waals surface area (Å²) in [5.74, 6) is -0.228. The summed E-state index contributed by atoms with van der Waals surface area (Å²) >= 11 is 5.93. The fraction of sp³-hybridized carbons (Fsp3) is 0.462. The van der Waals surface area contributed by atoms with Gasteiger partial charge in [0.1, 0.15) is 0 Å². The second kappa shape index (κ2) is 8.74. The van der Waals surface area contributed by atoms with Gasteiger partial charge in [-0.1, -0.05) is 11.6 Å². The second-order valence-corrected chi connectivity index (χ2v) is 4.36. The SMILES string of the molecule is COCCOCCCNC(=O)c1cc(N)ccc1Cl. The van der Waals surface area contributed by atoms with Crippen LogP contribution in [0.4, 0.5) is 5.69 Å². The number of ether oxygens (including phenoxy) is 2. The topological polar surface area (TPSA) is 73.6 Å². The maximum atomic E-state index is 11.8. The minimum absolute atomic E-state index is 0.228. The van der Waals surface area contributed by atoms with Crippen LogP contribution in [0.25, 0.3) is 0 Å². The summed E-state index contributed by atoms with van der Waals surface area (Å²) in [5.41, 5.74) is 6.52. The van der Waals surface area contributed by atoms with E-state index in [9.17, 15) is 4.79 Å². The van der Waals surface area contributed by atoms with Crippen LogP contribution in [0.5, 0.6) is 0 Å². The van der Waals surface area contributed by atoms with Crippen molar-refractivity contribution in [2.45, 2.75) is 6.42 Å². The summed E-state index contributed by atoms with van der Waals surface area (Å²) < 4.78 is 10.1. The molecule has 0 aliphatic rings. The minimum Gasteiger partial charge on any atom is -0.399 e. The lowest BCUT2D eigenvalue weighted by Crippen LogP contribution is -2.25. The number of carbonyl (C=O) groups excluding carboxylic acids is 1. The van der Waals surface area contributed by atoms with Gasteiger partial charge in [0.2, 0.25) is 0 Å². The zero-order chi connectivity index (χ0) is 14.1. The molecule has 106 valence electrons. The molecule has 1 rings (SSSR count). The van der Waals surface area contributed by atoms with Crippen LogP contribution in [-0.4, -0.2) is 39.4 Å². The number of nitrogens with one attached hydrogen (secondary N) is 1. The maximum Gasteiger partial charge on any atom is 0.252 e. The van der Waals surface area contributed by atoms with E-state index in [1.165, 1.54) is 0 Å². The van der Waals surface area contributed by atoms with Crippen LogP contribution >= 0.6 is 11.6 Å². The van der Waals surface area contributed by atoms with E-state index in [1.54, 1.807) is 25.3 Å². The van der Waals surface area contributed by atoms with Crippen molar-refractivity contribution in [3.05, 3.63) is 28.8 Å². The third-order valence-electron chi connectivity index (χ3n) is 2.42. The average molecular weight is 287 g/mol. The van der Waals surface area contributed by atoms with E-state index in [-0.39, 0.29) is 5.91 Å². The number of nitrogens with two attached hydrogens (primary N) is 1. The van der Waals surface area contributed by atoms with Crippen molar-refractivity contribution >= 4 is 23.2 Å². The van der Waals surface area contributed by atoms with Gasteiger partial charge in [0.15, 0.2) is 0 Å². The molecule has 0 heterocycles. The second-order valence-electron chi connectivity index (χ2n) is 3.95. The molecule has 0 fully saturated rings. The van der Waals surface area contributed by atoms with E-state index < -0.39 is 0 Å². The number of carbonyl (C=O) groups is 1. The molecule has 0 atom stereocenters. The first-order chi connectivity index (χ1) is 9.15. The summed E-state index contributed by atoms with van der Waals surface area (Å²) in [4.78, 5) is 11.8. The highest BCUT2D eigenvalue weighted by Crippen LogP contribution is 2.18. The Morgan fingerprint density at radius 1 is 1.37 bits per heavy atom. The number of benzene rings is 1. The highest BCUT2D eigenvalue weighted by atomic mass is 35.5. The van der Waals surface area contributed by atoms with Crippen molar-refractivity contribution in [2.75, 3.05) is 39.2 Å². The first-order valence-corrected chi connectivity index (χ1v) is 6.43. The zero-order valence-electron chi connectivity index (χ0n) is 10.9. The van der Waals surface area contributed by atoms with Gasteiger partial charge in [-0.05, 0) is 24.6 Å². The van der Waals surface area contributed by atoms with Crippen LogP contribution in [0.2, 0.25) is 5.02 Å². The normalized spacial score (nSPS) is 10.4. The molecule has 0 bridgehead atoms. The first kappa shape index (κ1) is 15.8. The maximum absolute atomic E-state index is 11.8. The Labute approximate surface area is 118 Å². The number of amides is 1. The molecule has 0 unspecified atom stereocenters. The van der Waals surface area contributed by atoms with Crippen molar-refractivity contribution in [3.63, 3.8) is 0 Å². The van der Waals surface area contributed by atoms with Crippen molar-refractivity contribution in [1.29, 1.82) is 0 Å². The van der Waals surface area contributed by atoms with Crippen LogP contribution in [0.15, 0.2) is 18.2 Å². The van der Waals surface area contributed by atoms with E-state index in [2.05, 4.69) is 5.32 Å². The Kier molecular flexibility index (Phi) is 7.25. The van der Waals surface area contributed by atoms with Crippen molar-refractivity contribution in [1.82, 2.24) is 5.32 Å². The van der Waals surface area contributed by atoms with Gasteiger partial charge in [-0.2, -0.15) is 0 Å². The summed E-state index contributed by atoms with van der Waals surface area (Å²) in [6.45, 7) is 2.24. The van der Waals surface area contributed by atoms with Gasteiger partial charge in [0, 0.05) is 25.9 Å². The summed E-state index contributed by atoms with van der Waals surface area (Å²) in [6, 6.07) is 4.83. The molecule has 1 amide bonds. The lowest BCUT2D eigenvalue weighted by Gasteiger charge is -2.08. The average Bonchev–Trinajstić information content (AvgIpc) is 2.40. The van der Waals surface area contributed by atoms with Crippen molar-refractivity contribution in [2.24, 2.45) is 0 Å². The van der Waals surface area contributed by atoms with E-state index >= 15 is 0 Å². The Morgan fingerprint density at radius 3 is 2.89 bits per heavy atom. The molecule has 19 heavy (non-hydrogen) atoms. The van der Waals surface area contributed by atoms with Crippen LogP contribution < -0.4 is 11.1 Å². The Hall–Kier alpha value is -1.30. The van der Waals surface area contributed by atoms with Gasteiger partial charge in [-0.25, -0.2) is 0 Å². The van der Waals surface area contributed by atoms with Crippen molar-refractivity contribution in [3.8, 4) is 0 Å². The van der Waals surface area contributed by atoms with Crippen molar-refractivity contribution < 1.29 is 14.3 Å². The molecular formula is C13H19ClN2O3. The first-order valence-electron chi connectivity index (χ1n) is 6.05. The smallest absolute Gasteiger partial charge is 0.252 e. The lowest BCUT2D eigenvalue weighted by atomic mass is 10.2. The van der Waals surface area contributed by atoms with Gasteiger partial charge in [-0.15, -0.1) is 0 Å². The van der Waals surface area contributed by atoms with Gasteiger partial charge >= 0.3 is 0 Å². The molecule has 0 spiro atoms. The predicted octanol–water partition coefficient (Wildman–Crippen LogP) is 1.71. The number of anilines is 1. The molecule has 1 aromatic carbocycles. The molecule has 0 aliphatic heterocycles. The molecular weight excluding hydrogens is 268 g/mol. The molecule has 1 aromatic rings. The highest BCUT2D eigenvalue weighted by Gasteiger charge is 2.09. The third kappa shape index (κ3) is 5.92. The predicted molar refractivity (Wildman–Crippen MR) is 75.5 cm³/mol. The Bertz CT molecular complexity index is 413. The fourth-order valence-corrected chi connectivity index (χ4v) is 1.64. The van der Waals surface area contributed by atoms with Gasteiger partial charge in [0.25, 0.3) is 5.91 Å². The van der Waals surface area contributed by atoms with E-state index in [0.29, 0.717) is 42.6 Å². The molecule has 0 saturated carbocycles. The van der Waals surface area contributed by atoms with E-state index in [0.717, 1.165) is 6.42 Å². The van der Waals surface area contributed by atoms with Gasteiger partial charge in [0.05, 0.1) is 23.8 Å². The number of rotatable bonds is 8. The molecule has 0 aliphatic carbocycles. The monoisotopic (exact) mass is 286 g/mol. The number of hydrogen-bond acceptors (Lipinski definition) is 4. The number of nitrogen functional groups attached to an aromatic ring is 1. The zero-order valence-corrected chi connectivity index (χ0v) is 11.7. The van der Waals surface area contributed by atoms with Crippen LogP contribution in [0, 0.1) is 0 Å². The van der Waals surface area contributed by atoms with Gasteiger partial charge < -0.3 is 20.5 Å². The molecule has 0 radical (unpaired) electrons. The fourth-order valence-electron chi connectivity index (χ4n) is 1.43. The quantitative estimate of drug-likeness (QED) is 0.563. The Balaban J connectivity index is 2.26. The molecule has 0 aromatic heterocycles. The lowest BCUT2D eigenvalue weighted by molar-refractivity contribution is 0.0688. The minimum atomic E-state index is -0.228. The highest BCUT2D eigenvalue weighted by molar-refractivity contribution is 6.34. The van der Waals surface area contributed by atoms with E-state index in [1.807, 2.05) is 0 Å². The summed E-state index contributed by atoms with van der Waals surface area (Å²) in [6.07, 6.45) is 0.732. The van der Waals surface area contributed by atoms with Crippen LogP contribution in [0.1, 0.15) is 16.8 Å².